The Morgan fingerprint density at radius 3 is 2.56 bits per heavy atom. The van der Waals surface area contributed by atoms with Gasteiger partial charge < -0.3 is 10.1 Å². The Morgan fingerprint density at radius 1 is 1.22 bits per heavy atom. The smallest absolute Gasteiger partial charge is 0.0615 e. The molecule has 1 N–H and O–H groups in total. The summed E-state index contributed by atoms with van der Waals surface area (Å²) in [4.78, 5) is 2.52. The van der Waals surface area contributed by atoms with Gasteiger partial charge in [0.1, 0.15) is 0 Å². The molecular weight excluding hydrogens is 224 g/mol. The molecule has 3 heteroatoms. The second-order valence-corrected chi connectivity index (χ2v) is 5.58. The highest BCUT2D eigenvalue weighted by Gasteiger charge is 2.19. The van der Waals surface area contributed by atoms with Gasteiger partial charge in [-0.2, -0.15) is 0 Å². The van der Waals surface area contributed by atoms with Crippen LogP contribution < -0.4 is 5.32 Å². The van der Waals surface area contributed by atoms with Crippen molar-refractivity contribution < 1.29 is 4.74 Å². The lowest BCUT2D eigenvalue weighted by Crippen LogP contribution is -2.36. The molecule has 0 amide bonds. The van der Waals surface area contributed by atoms with E-state index in [-0.39, 0.29) is 0 Å². The summed E-state index contributed by atoms with van der Waals surface area (Å²) in [6.45, 7) is 8.92. The zero-order valence-electron chi connectivity index (χ0n) is 12.6. The largest absolute Gasteiger partial charge is 0.383 e. The Morgan fingerprint density at radius 2 is 1.94 bits per heavy atom. The third-order valence-electron chi connectivity index (χ3n) is 3.82. The second kappa shape index (κ2) is 9.76. The number of nitrogens with one attached hydrogen (secondary N) is 1. The van der Waals surface area contributed by atoms with Crippen LogP contribution in [0.2, 0.25) is 0 Å². The van der Waals surface area contributed by atoms with Gasteiger partial charge in [0.05, 0.1) is 6.61 Å². The van der Waals surface area contributed by atoms with Crippen molar-refractivity contribution in [1.82, 2.24) is 10.2 Å². The first kappa shape index (κ1) is 15.9. The molecule has 0 aromatic rings. The molecule has 108 valence electrons. The highest BCUT2D eigenvalue weighted by atomic mass is 16.5. The van der Waals surface area contributed by atoms with Crippen molar-refractivity contribution in [2.45, 2.75) is 64.5 Å². The first-order valence-corrected chi connectivity index (χ1v) is 7.74. The summed E-state index contributed by atoms with van der Waals surface area (Å²) >= 11 is 0. The van der Waals surface area contributed by atoms with Crippen LogP contribution in [0.25, 0.3) is 0 Å². The number of rotatable bonds is 12. The summed E-state index contributed by atoms with van der Waals surface area (Å²) in [6, 6.07) is 1.42. The molecular formula is C15H32N2O. The number of ether oxygens (including phenoxy) is 1. The minimum absolute atomic E-state index is 0.552. The van der Waals surface area contributed by atoms with Gasteiger partial charge in [0.2, 0.25) is 0 Å². The van der Waals surface area contributed by atoms with E-state index in [0.29, 0.717) is 6.04 Å². The Balaban J connectivity index is 1.90. The summed E-state index contributed by atoms with van der Waals surface area (Å²) in [5.74, 6) is 0. The summed E-state index contributed by atoms with van der Waals surface area (Å²) in [6.07, 6.45) is 8.21. The number of hydrogen-bond acceptors (Lipinski definition) is 3. The zero-order valence-corrected chi connectivity index (χ0v) is 12.6. The maximum atomic E-state index is 5.22. The summed E-state index contributed by atoms with van der Waals surface area (Å²) in [5, 5.41) is 3.58. The standard InChI is InChI=1S/C15H32N2O/c1-4-17(14(2)13-18-3)12-8-6-5-7-11-16-15-9-10-15/h14-16H,4-13H2,1-3H3. The lowest BCUT2D eigenvalue weighted by molar-refractivity contribution is 0.101. The fourth-order valence-electron chi connectivity index (χ4n) is 2.42. The van der Waals surface area contributed by atoms with Crippen LogP contribution in [0.1, 0.15) is 52.4 Å². The minimum atomic E-state index is 0.552. The number of methoxy groups -OCH3 is 1. The van der Waals surface area contributed by atoms with Gasteiger partial charge in [-0.15, -0.1) is 0 Å². The monoisotopic (exact) mass is 256 g/mol. The van der Waals surface area contributed by atoms with Crippen molar-refractivity contribution in [3.8, 4) is 0 Å². The summed E-state index contributed by atoms with van der Waals surface area (Å²) < 4.78 is 5.22. The Labute approximate surface area is 113 Å². The quantitative estimate of drug-likeness (QED) is 0.543. The van der Waals surface area contributed by atoms with Crippen molar-refractivity contribution in [1.29, 1.82) is 0 Å². The highest BCUT2D eigenvalue weighted by molar-refractivity contribution is 4.80. The van der Waals surface area contributed by atoms with Gasteiger partial charge in [-0.05, 0) is 52.2 Å². The molecule has 1 unspecified atom stereocenters. The fraction of sp³-hybridized carbons (Fsp3) is 1.00. The van der Waals surface area contributed by atoms with Crippen LogP contribution in [0, 0.1) is 0 Å². The van der Waals surface area contributed by atoms with E-state index >= 15 is 0 Å². The summed E-state index contributed by atoms with van der Waals surface area (Å²) in [5.41, 5.74) is 0. The molecule has 1 saturated carbocycles. The Kier molecular flexibility index (Phi) is 8.64. The topological polar surface area (TPSA) is 24.5 Å². The molecule has 0 heterocycles. The third-order valence-corrected chi connectivity index (χ3v) is 3.82. The third kappa shape index (κ3) is 7.34. The molecule has 18 heavy (non-hydrogen) atoms. The van der Waals surface area contributed by atoms with Gasteiger partial charge in [-0.25, -0.2) is 0 Å². The van der Waals surface area contributed by atoms with Gasteiger partial charge in [-0.3, -0.25) is 4.90 Å². The lowest BCUT2D eigenvalue weighted by atomic mass is 10.1. The van der Waals surface area contributed by atoms with E-state index in [1.165, 1.54) is 51.6 Å². The van der Waals surface area contributed by atoms with Crippen molar-refractivity contribution in [3.63, 3.8) is 0 Å². The van der Waals surface area contributed by atoms with Gasteiger partial charge in [0.25, 0.3) is 0 Å². The van der Waals surface area contributed by atoms with Gasteiger partial charge >= 0.3 is 0 Å². The molecule has 0 spiro atoms. The number of hydrogen-bond donors (Lipinski definition) is 1. The molecule has 3 nitrogen and oxygen atoms in total. The SMILES string of the molecule is CCN(CCCCCCNC1CC1)C(C)COC. The lowest BCUT2D eigenvalue weighted by Gasteiger charge is -2.27. The van der Waals surface area contributed by atoms with E-state index in [1.807, 2.05) is 0 Å². The van der Waals surface area contributed by atoms with Crippen LogP contribution in [-0.2, 0) is 4.74 Å². The molecule has 1 aliphatic carbocycles. The predicted octanol–water partition coefficient (Wildman–Crippen LogP) is 2.66. The van der Waals surface area contributed by atoms with E-state index in [0.717, 1.165) is 19.2 Å². The number of unbranched alkanes of at least 4 members (excludes halogenated alkanes) is 3. The van der Waals surface area contributed by atoms with E-state index in [4.69, 9.17) is 4.74 Å². The predicted molar refractivity (Wildman–Crippen MR) is 78.1 cm³/mol. The summed E-state index contributed by atoms with van der Waals surface area (Å²) in [7, 11) is 1.79. The maximum Gasteiger partial charge on any atom is 0.0615 e. The van der Waals surface area contributed by atoms with E-state index in [1.54, 1.807) is 7.11 Å². The average Bonchev–Trinajstić information content (AvgIpc) is 3.17. The molecule has 1 fully saturated rings. The average molecular weight is 256 g/mol. The van der Waals surface area contributed by atoms with Crippen molar-refractivity contribution >= 4 is 0 Å². The second-order valence-electron chi connectivity index (χ2n) is 5.58. The normalized spacial score (nSPS) is 17.3. The minimum Gasteiger partial charge on any atom is -0.383 e. The maximum absolute atomic E-state index is 5.22. The van der Waals surface area contributed by atoms with Gasteiger partial charge in [-0.1, -0.05) is 19.8 Å². The molecule has 0 aliphatic heterocycles. The molecule has 1 atom stereocenters. The van der Waals surface area contributed by atoms with E-state index in [9.17, 15) is 0 Å². The molecule has 1 aliphatic rings. The Bertz CT molecular complexity index is 195. The zero-order chi connectivity index (χ0) is 13.2. The fourth-order valence-corrected chi connectivity index (χ4v) is 2.42. The highest BCUT2D eigenvalue weighted by Crippen LogP contribution is 2.18. The van der Waals surface area contributed by atoms with Crippen LogP contribution in [0.3, 0.4) is 0 Å². The number of nitrogens with zero attached hydrogens (tertiary/aromatic N) is 1. The van der Waals surface area contributed by atoms with Crippen LogP contribution in [0.5, 0.6) is 0 Å². The Hall–Kier alpha value is -0.120. The molecule has 0 saturated heterocycles. The number of likely N-dealkylation sites (N-methyl/N-ethyl adjacent to an activating group) is 1. The molecule has 0 aromatic heterocycles. The van der Waals surface area contributed by atoms with Crippen LogP contribution in [0.4, 0.5) is 0 Å². The first-order chi connectivity index (χ1) is 8.77. The van der Waals surface area contributed by atoms with Crippen molar-refractivity contribution in [3.05, 3.63) is 0 Å². The first-order valence-electron chi connectivity index (χ1n) is 7.74. The van der Waals surface area contributed by atoms with Crippen LogP contribution >= 0.6 is 0 Å². The van der Waals surface area contributed by atoms with Crippen LogP contribution in [0.15, 0.2) is 0 Å². The van der Waals surface area contributed by atoms with E-state index < -0.39 is 0 Å². The molecule has 0 aromatic carbocycles. The van der Waals surface area contributed by atoms with Crippen molar-refractivity contribution in [2.24, 2.45) is 0 Å². The van der Waals surface area contributed by atoms with Crippen molar-refractivity contribution in [2.75, 3.05) is 33.4 Å². The van der Waals surface area contributed by atoms with Gasteiger partial charge in [0, 0.05) is 19.2 Å². The molecule has 0 bridgehead atoms. The van der Waals surface area contributed by atoms with E-state index in [2.05, 4.69) is 24.1 Å². The molecule has 0 radical (unpaired) electrons. The van der Waals surface area contributed by atoms with Gasteiger partial charge in [0.15, 0.2) is 0 Å². The van der Waals surface area contributed by atoms with Crippen LogP contribution in [-0.4, -0.2) is 50.3 Å². The molecule has 1 rings (SSSR count).